The fourth-order valence-corrected chi connectivity index (χ4v) is 6.28. The van der Waals surface area contributed by atoms with Crippen LogP contribution >= 0.6 is 0 Å². The van der Waals surface area contributed by atoms with E-state index in [1.165, 1.54) is 11.8 Å². The lowest BCUT2D eigenvalue weighted by Crippen LogP contribution is -2.35. The number of carbonyl (C=O) groups excluding carboxylic acids is 1. The van der Waals surface area contributed by atoms with Gasteiger partial charge in [0, 0.05) is 25.2 Å². The lowest BCUT2D eigenvalue weighted by molar-refractivity contribution is -0.143. The number of carbonyl (C=O) groups is 2. The van der Waals surface area contributed by atoms with E-state index in [0.717, 1.165) is 37.1 Å². The first kappa shape index (κ1) is 34.4. The van der Waals surface area contributed by atoms with Crippen molar-refractivity contribution in [2.75, 3.05) is 18.0 Å². The minimum atomic E-state index is -5.03. The van der Waals surface area contributed by atoms with Crippen LogP contribution in [0.25, 0.3) is 0 Å². The van der Waals surface area contributed by atoms with Crippen LogP contribution in [0, 0.1) is 11.8 Å². The zero-order chi connectivity index (χ0) is 33.3. The summed E-state index contributed by atoms with van der Waals surface area (Å²) in [6, 6.07) is 4.20. The van der Waals surface area contributed by atoms with Crippen molar-refractivity contribution in [2.24, 2.45) is 11.8 Å². The Balaban J connectivity index is 1.60. The van der Waals surface area contributed by atoms with E-state index in [1.807, 2.05) is 32.9 Å². The average Bonchev–Trinajstić information content (AvgIpc) is 3.24. The summed E-state index contributed by atoms with van der Waals surface area (Å²) in [5, 5.41) is 9.14. The molecule has 0 bridgehead atoms. The molecule has 1 aliphatic carbocycles. The average molecular weight is 644 g/mol. The maximum atomic E-state index is 13.5. The summed E-state index contributed by atoms with van der Waals surface area (Å²) in [6.45, 7) is 8.71. The number of pyridine rings is 1. The highest BCUT2D eigenvalue weighted by molar-refractivity contribution is 5.71. The largest absolute Gasteiger partial charge is 0.481 e. The molecule has 13 heteroatoms. The third-order valence-corrected chi connectivity index (χ3v) is 8.84. The number of carboxylic acid groups (broad SMARTS) is 1. The topological polar surface area (TPSA) is 83.0 Å². The van der Waals surface area contributed by atoms with Gasteiger partial charge in [-0.15, -0.1) is 0 Å². The molecule has 1 saturated heterocycles. The molecule has 7 nitrogen and oxygen atoms in total. The Morgan fingerprint density at radius 1 is 1.02 bits per heavy atom. The number of rotatable bonds is 10. The molecular weight excluding hydrogens is 604 g/mol. The molecule has 1 unspecified atom stereocenters. The Morgan fingerprint density at radius 2 is 1.60 bits per heavy atom. The van der Waals surface area contributed by atoms with Gasteiger partial charge in [0.1, 0.15) is 6.10 Å². The molecule has 2 heterocycles. The van der Waals surface area contributed by atoms with Gasteiger partial charge in [-0.1, -0.05) is 13.8 Å². The third-order valence-electron chi connectivity index (χ3n) is 8.84. The van der Waals surface area contributed by atoms with Crippen molar-refractivity contribution in [3.63, 3.8) is 0 Å². The van der Waals surface area contributed by atoms with Crippen LogP contribution in [0.1, 0.15) is 99.9 Å². The predicted molar refractivity (Wildman–Crippen MR) is 155 cm³/mol. The van der Waals surface area contributed by atoms with Gasteiger partial charge in [-0.2, -0.15) is 26.3 Å². The van der Waals surface area contributed by atoms with Gasteiger partial charge in [0.05, 0.1) is 35.1 Å². The lowest BCUT2D eigenvalue weighted by Gasteiger charge is -2.34. The van der Waals surface area contributed by atoms with E-state index in [4.69, 9.17) is 14.8 Å². The van der Waals surface area contributed by atoms with Crippen molar-refractivity contribution in [2.45, 2.75) is 96.8 Å². The van der Waals surface area contributed by atoms with E-state index in [1.54, 1.807) is 0 Å². The summed E-state index contributed by atoms with van der Waals surface area (Å²) >= 11 is 0. The van der Waals surface area contributed by atoms with E-state index in [0.29, 0.717) is 36.8 Å². The van der Waals surface area contributed by atoms with Gasteiger partial charge in [0.25, 0.3) is 0 Å². The second-order valence-corrected chi connectivity index (χ2v) is 12.4. The summed E-state index contributed by atoms with van der Waals surface area (Å²) in [5.74, 6) is -0.244. The minimum absolute atomic E-state index is 0.0499. The number of ether oxygens (including phenoxy) is 1. The number of anilines is 1. The summed E-state index contributed by atoms with van der Waals surface area (Å²) in [4.78, 5) is 32.5. The molecule has 2 aromatic rings. The first-order valence-electron chi connectivity index (χ1n) is 15.2. The van der Waals surface area contributed by atoms with E-state index >= 15 is 0 Å². The van der Waals surface area contributed by atoms with Crippen LogP contribution in [0.4, 0.5) is 36.8 Å². The Kier molecular flexibility index (Phi) is 10.3. The highest BCUT2D eigenvalue weighted by atomic mass is 19.4. The molecule has 1 amide bonds. The Morgan fingerprint density at radius 3 is 2.11 bits per heavy atom. The Labute approximate surface area is 258 Å². The van der Waals surface area contributed by atoms with E-state index in [2.05, 4.69) is 4.90 Å². The highest BCUT2D eigenvalue weighted by Crippen LogP contribution is 2.41. The maximum Gasteiger partial charge on any atom is 0.416 e. The first-order chi connectivity index (χ1) is 21.0. The van der Waals surface area contributed by atoms with E-state index in [-0.39, 0.29) is 30.9 Å². The summed E-state index contributed by atoms with van der Waals surface area (Å²) in [5.41, 5.74) is -1.25. The summed E-state index contributed by atoms with van der Waals surface area (Å²) < 4.78 is 86.6. The molecule has 248 valence electrons. The summed E-state index contributed by atoms with van der Waals surface area (Å²) in [6.07, 6.45) is -8.69. The van der Waals surface area contributed by atoms with Gasteiger partial charge in [-0.3, -0.25) is 14.7 Å². The predicted octanol–water partition coefficient (Wildman–Crippen LogP) is 8.43. The zero-order valence-corrected chi connectivity index (χ0v) is 25.7. The molecule has 1 aromatic carbocycles. The molecule has 1 aliphatic heterocycles. The number of carboxylic acids is 1. The van der Waals surface area contributed by atoms with Gasteiger partial charge in [0.15, 0.2) is 0 Å². The quantitative estimate of drug-likeness (QED) is 0.262. The van der Waals surface area contributed by atoms with Crippen molar-refractivity contribution in [1.82, 2.24) is 9.88 Å². The van der Waals surface area contributed by atoms with Crippen molar-refractivity contribution in [3.05, 3.63) is 58.4 Å². The Hall–Kier alpha value is -3.51. The number of benzene rings is 1. The molecule has 1 N–H and O–H groups in total. The number of cyclic esters (lactones) is 1. The van der Waals surface area contributed by atoms with Crippen LogP contribution in [-0.4, -0.2) is 46.2 Å². The van der Waals surface area contributed by atoms with Gasteiger partial charge in [-0.25, -0.2) is 4.79 Å². The van der Waals surface area contributed by atoms with Crippen molar-refractivity contribution >= 4 is 17.7 Å². The molecule has 45 heavy (non-hydrogen) atoms. The van der Waals surface area contributed by atoms with Crippen LogP contribution < -0.4 is 4.90 Å². The van der Waals surface area contributed by atoms with Crippen molar-refractivity contribution in [1.29, 1.82) is 0 Å². The number of hydrogen-bond acceptors (Lipinski definition) is 5. The molecule has 0 radical (unpaired) electrons. The summed E-state index contributed by atoms with van der Waals surface area (Å²) in [7, 11) is 0. The van der Waals surface area contributed by atoms with Gasteiger partial charge in [0.2, 0.25) is 0 Å². The van der Waals surface area contributed by atoms with Crippen LogP contribution in [0.2, 0.25) is 0 Å². The SMILES string of the molecule is CCN(C[C@H]1CC[C@H](CC(=O)O)CC1)c1ccc(C(C)C)nc1CN1C(=O)OC(c2cc(C(F)(F)F)cc(C(F)(F)F)c2)[C@@H]1C. The molecule has 2 atom stereocenters. The zero-order valence-electron chi connectivity index (χ0n) is 25.7. The Bertz CT molecular complexity index is 1340. The number of aromatic nitrogens is 1. The number of aliphatic carboxylic acids is 1. The second kappa shape index (κ2) is 13.5. The molecule has 1 saturated carbocycles. The van der Waals surface area contributed by atoms with Gasteiger partial charge >= 0.3 is 24.4 Å². The lowest BCUT2D eigenvalue weighted by atomic mass is 9.80. The van der Waals surface area contributed by atoms with Crippen molar-refractivity contribution < 1.29 is 45.8 Å². The van der Waals surface area contributed by atoms with E-state index in [9.17, 15) is 35.9 Å². The second-order valence-electron chi connectivity index (χ2n) is 12.4. The van der Waals surface area contributed by atoms with E-state index < -0.39 is 53.3 Å². The van der Waals surface area contributed by atoms with Crippen LogP contribution in [0.5, 0.6) is 0 Å². The molecule has 0 spiro atoms. The normalized spacial score (nSPS) is 22.6. The van der Waals surface area contributed by atoms with Crippen LogP contribution in [-0.2, 0) is 28.4 Å². The fourth-order valence-electron chi connectivity index (χ4n) is 6.28. The first-order valence-corrected chi connectivity index (χ1v) is 15.2. The van der Waals surface area contributed by atoms with Gasteiger partial charge in [-0.05, 0) is 93.2 Å². The smallest absolute Gasteiger partial charge is 0.416 e. The number of halogens is 6. The highest BCUT2D eigenvalue weighted by Gasteiger charge is 2.43. The van der Waals surface area contributed by atoms with Gasteiger partial charge < -0.3 is 14.7 Å². The molecule has 2 fully saturated rings. The maximum absolute atomic E-state index is 13.5. The molecular formula is C32H39F6N3O4. The fraction of sp³-hybridized carbons (Fsp3) is 0.594. The van der Waals surface area contributed by atoms with Crippen LogP contribution in [0.3, 0.4) is 0 Å². The number of alkyl halides is 6. The monoisotopic (exact) mass is 643 g/mol. The van der Waals surface area contributed by atoms with Crippen LogP contribution in [0.15, 0.2) is 30.3 Å². The van der Waals surface area contributed by atoms with Crippen molar-refractivity contribution in [3.8, 4) is 0 Å². The molecule has 4 rings (SSSR count). The third kappa shape index (κ3) is 8.21. The standard InChI is InChI=1S/C32H39F6N3O4/c1-5-40(16-21-8-6-20(7-9-21)12-28(42)43)27-11-10-25(18(2)3)39-26(27)17-41-19(4)29(45-30(41)44)22-13-23(31(33,34)35)15-24(14-22)32(36,37)38/h10-11,13-15,18-21,29H,5-9,12,16-17H2,1-4H3,(H,42,43)/t19-,20-,21-,29?/m0/s1. The minimum Gasteiger partial charge on any atom is -0.481 e. The number of hydrogen-bond donors (Lipinski definition) is 1. The molecule has 1 aromatic heterocycles. The molecule has 2 aliphatic rings. The number of amides is 1. The number of nitrogens with zero attached hydrogens (tertiary/aromatic N) is 3.